The number of aryl methyl sites for hydroxylation is 2. The van der Waals surface area contributed by atoms with Crippen LogP contribution in [0.25, 0.3) is 0 Å². The van der Waals surface area contributed by atoms with Gasteiger partial charge in [-0.2, -0.15) is 0 Å². The van der Waals surface area contributed by atoms with Crippen LogP contribution in [-0.4, -0.2) is 4.98 Å². The van der Waals surface area contributed by atoms with E-state index in [-0.39, 0.29) is 0 Å². The van der Waals surface area contributed by atoms with Crippen molar-refractivity contribution in [1.29, 1.82) is 0 Å². The number of rotatable bonds is 27. The molecule has 1 heteroatoms. The molecule has 1 rings (SSSR count). The van der Waals surface area contributed by atoms with Crippen LogP contribution < -0.4 is 0 Å². The van der Waals surface area contributed by atoms with Crippen LogP contribution in [0.15, 0.2) is 12.3 Å². The minimum atomic E-state index is 1.26. The standard InChI is InChI=1S/C33H63N/c1-3-4-5-6-7-8-9-10-11-12-13-14-15-16-17-18-19-20-21-22-23-24-25-26-27-28-29-33-30-31-34-32(33)2/h30-31,34H,3-29H2,1-2H3. The Hall–Kier alpha value is -0.720. The first-order chi connectivity index (χ1) is 16.8. The lowest BCUT2D eigenvalue weighted by Gasteiger charge is -2.04. The second-order valence-corrected chi connectivity index (χ2v) is 11.2. The Kier molecular flexibility index (Phi) is 23.4. The minimum Gasteiger partial charge on any atom is -0.365 e. The van der Waals surface area contributed by atoms with Crippen molar-refractivity contribution in [3.8, 4) is 0 Å². The zero-order valence-corrected chi connectivity index (χ0v) is 23.7. The Morgan fingerprint density at radius 2 is 0.735 bits per heavy atom. The van der Waals surface area contributed by atoms with Gasteiger partial charge >= 0.3 is 0 Å². The molecule has 0 atom stereocenters. The van der Waals surface area contributed by atoms with Crippen molar-refractivity contribution in [3.63, 3.8) is 0 Å². The maximum Gasteiger partial charge on any atom is 0.0148 e. The van der Waals surface area contributed by atoms with E-state index in [1.807, 2.05) is 0 Å². The molecule has 1 aromatic rings. The SMILES string of the molecule is CCCCCCCCCCCCCCCCCCCCCCCCCCCCc1cc[nH]c1C. The summed E-state index contributed by atoms with van der Waals surface area (Å²) >= 11 is 0. The molecule has 1 heterocycles. The zero-order valence-electron chi connectivity index (χ0n) is 23.7. The Morgan fingerprint density at radius 1 is 0.441 bits per heavy atom. The average Bonchev–Trinajstić information content (AvgIpc) is 3.25. The predicted octanol–water partition coefficient (Wildman–Crippen LogP) is 12.0. The lowest BCUT2D eigenvalue weighted by molar-refractivity contribution is 0.515. The number of aromatic amines is 1. The lowest BCUT2D eigenvalue weighted by atomic mass is 10.0. The van der Waals surface area contributed by atoms with Gasteiger partial charge in [0.05, 0.1) is 0 Å². The number of hydrogen-bond donors (Lipinski definition) is 1. The molecule has 0 amide bonds. The van der Waals surface area contributed by atoms with Crippen molar-refractivity contribution in [2.75, 3.05) is 0 Å². The third-order valence-corrected chi connectivity index (χ3v) is 7.87. The topological polar surface area (TPSA) is 15.8 Å². The fourth-order valence-corrected chi connectivity index (χ4v) is 5.39. The molecule has 0 unspecified atom stereocenters. The van der Waals surface area contributed by atoms with Gasteiger partial charge < -0.3 is 4.98 Å². The van der Waals surface area contributed by atoms with Gasteiger partial charge in [-0.3, -0.25) is 0 Å². The first kappa shape index (κ1) is 31.3. The van der Waals surface area contributed by atoms with E-state index in [9.17, 15) is 0 Å². The van der Waals surface area contributed by atoms with Gasteiger partial charge in [0, 0.05) is 11.9 Å². The van der Waals surface area contributed by atoms with E-state index >= 15 is 0 Å². The molecule has 0 aliphatic carbocycles. The summed E-state index contributed by atoms with van der Waals surface area (Å²) in [6, 6.07) is 2.25. The van der Waals surface area contributed by atoms with E-state index in [4.69, 9.17) is 0 Å². The van der Waals surface area contributed by atoms with Crippen LogP contribution in [0.2, 0.25) is 0 Å². The van der Waals surface area contributed by atoms with Gasteiger partial charge in [-0.1, -0.05) is 167 Å². The van der Waals surface area contributed by atoms with Gasteiger partial charge in [0.15, 0.2) is 0 Å². The van der Waals surface area contributed by atoms with Gasteiger partial charge in [-0.05, 0) is 31.4 Å². The summed E-state index contributed by atoms with van der Waals surface area (Å²) in [7, 11) is 0. The number of aromatic nitrogens is 1. The molecular weight excluding hydrogens is 410 g/mol. The molecular formula is C33H63N. The monoisotopic (exact) mass is 473 g/mol. The summed E-state index contributed by atoms with van der Waals surface area (Å²) in [6.07, 6.45) is 41.4. The summed E-state index contributed by atoms with van der Waals surface area (Å²) in [5.74, 6) is 0. The summed E-state index contributed by atoms with van der Waals surface area (Å²) < 4.78 is 0. The van der Waals surface area contributed by atoms with E-state index in [0.29, 0.717) is 0 Å². The smallest absolute Gasteiger partial charge is 0.0148 e. The van der Waals surface area contributed by atoms with Gasteiger partial charge in [0.25, 0.3) is 0 Å². The molecule has 34 heavy (non-hydrogen) atoms. The molecule has 0 bridgehead atoms. The second-order valence-electron chi connectivity index (χ2n) is 11.2. The highest BCUT2D eigenvalue weighted by atomic mass is 14.7. The predicted molar refractivity (Wildman–Crippen MR) is 155 cm³/mol. The van der Waals surface area contributed by atoms with Crippen molar-refractivity contribution in [3.05, 3.63) is 23.5 Å². The van der Waals surface area contributed by atoms with E-state index in [0.717, 1.165) is 0 Å². The molecule has 0 saturated heterocycles. The van der Waals surface area contributed by atoms with E-state index in [2.05, 4.69) is 31.1 Å². The number of hydrogen-bond acceptors (Lipinski definition) is 0. The third kappa shape index (κ3) is 20.6. The van der Waals surface area contributed by atoms with Crippen LogP contribution >= 0.6 is 0 Å². The Balaban J connectivity index is 1.64. The van der Waals surface area contributed by atoms with Crippen molar-refractivity contribution in [2.24, 2.45) is 0 Å². The Bertz CT molecular complexity index is 502. The molecule has 0 aliphatic heterocycles. The highest BCUT2D eigenvalue weighted by Crippen LogP contribution is 2.16. The molecule has 0 aromatic carbocycles. The molecule has 1 N–H and O–H groups in total. The molecule has 0 radical (unpaired) electrons. The minimum absolute atomic E-state index is 1.26. The first-order valence-corrected chi connectivity index (χ1v) is 16.0. The molecule has 0 fully saturated rings. The van der Waals surface area contributed by atoms with Crippen molar-refractivity contribution >= 4 is 0 Å². The molecule has 1 aromatic heterocycles. The number of H-pyrrole nitrogens is 1. The van der Waals surface area contributed by atoms with Crippen LogP contribution in [0.3, 0.4) is 0 Å². The van der Waals surface area contributed by atoms with Crippen LogP contribution in [-0.2, 0) is 6.42 Å². The van der Waals surface area contributed by atoms with Gasteiger partial charge in [0.1, 0.15) is 0 Å². The highest BCUT2D eigenvalue weighted by Gasteiger charge is 1.99. The van der Waals surface area contributed by atoms with E-state index in [1.165, 1.54) is 185 Å². The average molecular weight is 474 g/mol. The van der Waals surface area contributed by atoms with E-state index < -0.39 is 0 Å². The maximum atomic E-state index is 3.29. The van der Waals surface area contributed by atoms with Crippen LogP contribution in [0.5, 0.6) is 0 Å². The maximum absolute atomic E-state index is 3.29. The fraction of sp³-hybridized carbons (Fsp3) is 0.879. The van der Waals surface area contributed by atoms with E-state index in [1.54, 1.807) is 0 Å². The van der Waals surface area contributed by atoms with Crippen LogP contribution in [0.1, 0.15) is 185 Å². The largest absolute Gasteiger partial charge is 0.365 e. The summed E-state index contributed by atoms with van der Waals surface area (Å²) in [5.41, 5.74) is 2.88. The second kappa shape index (κ2) is 25.4. The van der Waals surface area contributed by atoms with Gasteiger partial charge in [0.2, 0.25) is 0 Å². The lowest BCUT2D eigenvalue weighted by Crippen LogP contribution is -1.87. The molecule has 0 saturated carbocycles. The summed E-state index contributed by atoms with van der Waals surface area (Å²) in [4.78, 5) is 3.29. The quantitative estimate of drug-likeness (QED) is 0.122. The van der Waals surface area contributed by atoms with Gasteiger partial charge in [-0.15, -0.1) is 0 Å². The molecule has 1 nitrogen and oxygen atoms in total. The Labute approximate surface area is 215 Å². The summed E-state index contributed by atoms with van der Waals surface area (Å²) in [5, 5.41) is 0. The normalized spacial score (nSPS) is 11.5. The molecule has 200 valence electrons. The van der Waals surface area contributed by atoms with Crippen LogP contribution in [0, 0.1) is 6.92 Å². The molecule has 0 aliphatic rings. The van der Waals surface area contributed by atoms with Crippen molar-refractivity contribution in [2.45, 2.75) is 187 Å². The number of unbranched alkanes of at least 4 members (excludes halogenated alkanes) is 25. The molecule has 0 spiro atoms. The fourth-order valence-electron chi connectivity index (χ4n) is 5.39. The van der Waals surface area contributed by atoms with Crippen molar-refractivity contribution in [1.82, 2.24) is 4.98 Å². The zero-order chi connectivity index (χ0) is 24.4. The number of nitrogens with one attached hydrogen (secondary N) is 1. The van der Waals surface area contributed by atoms with Gasteiger partial charge in [-0.25, -0.2) is 0 Å². The highest BCUT2D eigenvalue weighted by molar-refractivity contribution is 5.18. The first-order valence-electron chi connectivity index (χ1n) is 16.0. The van der Waals surface area contributed by atoms with Crippen molar-refractivity contribution < 1.29 is 0 Å². The van der Waals surface area contributed by atoms with Crippen LogP contribution in [0.4, 0.5) is 0 Å². The third-order valence-electron chi connectivity index (χ3n) is 7.87. The Morgan fingerprint density at radius 3 is 1.00 bits per heavy atom. The summed E-state index contributed by atoms with van der Waals surface area (Å²) in [6.45, 7) is 4.50.